The number of aromatic nitrogens is 6. The summed E-state index contributed by atoms with van der Waals surface area (Å²) < 4.78 is 23.1. The molecule has 218 valence electrons. The number of pyridine rings is 1. The Morgan fingerprint density at radius 3 is 2.58 bits per heavy atom. The van der Waals surface area contributed by atoms with E-state index in [0.717, 1.165) is 11.1 Å². The third kappa shape index (κ3) is 5.16. The van der Waals surface area contributed by atoms with Crippen molar-refractivity contribution in [1.29, 1.82) is 0 Å². The zero-order valence-electron chi connectivity index (χ0n) is 24.1. The molecule has 4 aromatic heterocycles. The molecule has 6 rings (SSSR count). The van der Waals surface area contributed by atoms with E-state index in [1.165, 1.54) is 22.8 Å². The van der Waals surface area contributed by atoms with Gasteiger partial charge in [-0.2, -0.15) is 10.1 Å². The van der Waals surface area contributed by atoms with Crippen LogP contribution in [0.1, 0.15) is 26.5 Å². The largest absolute Gasteiger partial charge is 0.357 e. The first-order valence-electron chi connectivity index (χ1n) is 13.4. The zero-order valence-corrected chi connectivity index (χ0v) is 24.1. The van der Waals surface area contributed by atoms with Gasteiger partial charge in [-0.25, -0.2) is 18.9 Å². The number of carbonyl (C=O) groups excluding carboxylic acids is 1. The summed E-state index contributed by atoms with van der Waals surface area (Å²) in [6, 6.07) is 12.2. The summed E-state index contributed by atoms with van der Waals surface area (Å²) in [6.07, 6.45) is 3.20. The van der Waals surface area contributed by atoms with Crippen LogP contribution in [0.5, 0.6) is 0 Å². The maximum absolute atomic E-state index is 14.9. The van der Waals surface area contributed by atoms with Crippen LogP contribution in [-0.4, -0.2) is 42.6 Å². The van der Waals surface area contributed by atoms with Crippen molar-refractivity contribution in [1.82, 2.24) is 29.5 Å². The highest BCUT2D eigenvalue weighted by atomic mass is 19.1. The lowest BCUT2D eigenvalue weighted by molar-refractivity contribution is 0.262. The first-order valence-corrected chi connectivity index (χ1v) is 13.4. The Labute approximate surface area is 244 Å². The maximum atomic E-state index is 14.9. The van der Waals surface area contributed by atoms with Gasteiger partial charge < -0.3 is 15.2 Å². The molecule has 0 unspecified atom stereocenters. The number of halogens is 1. The van der Waals surface area contributed by atoms with Gasteiger partial charge in [0.1, 0.15) is 17.3 Å². The number of hydrogen-bond acceptors (Lipinski definition) is 8. The summed E-state index contributed by atoms with van der Waals surface area (Å²) in [6.45, 7) is 6.03. The number of rotatable bonds is 5. The number of fused-ring (bicyclic) bond motifs is 2. The second kappa shape index (κ2) is 10.4. The van der Waals surface area contributed by atoms with Crippen LogP contribution in [0.2, 0.25) is 0 Å². The van der Waals surface area contributed by atoms with Crippen LogP contribution in [0.15, 0.2) is 70.2 Å². The maximum Gasteiger partial charge on any atom is 0.324 e. The van der Waals surface area contributed by atoms with Gasteiger partial charge in [-0.1, -0.05) is 32.0 Å². The van der Waals surface area contributed by atoms with Crippen molar-refractivity contribution < 1.29 is 13.7 Å². The summed E-state index contributed by atoms with van der Waals surface area (Å²) in [7, 11) is 3.29. The van der Waals surface area contributed by atoms with E-state index in [9.17, 15) is 14.0 Å². The molecule has 43 heavy (non-hydrogen) atoms. The van der Waals surface area contributed by atoms with Crippen molar-refractivity contribution in [3.63, 3.8) is 0 Å². The van der Waals surface area contributed by atoms with Gasteiger partial charge in [0.25, 0.3) is 5.56 Å². The molecule has 2 amide bonds. The molecule has 0 radical (unpaired) electrons. The predicted molar refractivity (Wildman–Crippen MR) is 162 cm³/mol. The van der Waals surface area contributed by atoms with Gasteiger partial charge in [0.15, 0.2) is 5.58 Å². The summed E-state index contributed by atoms with van der Waals surface area (Å²) in [4.78, 5) is 35.0. The van der Waals surface area contributed by atoms with Crippen molar-refractivity contribution in [2.24, 2.45) is 7.05 Å². The average Bonchev–Trinajstić information content (AvgIpc) is 3.63. The van der Waals surface area contributed by atoms with E-state index in [4.69, 9.17) is 9.62 Å². The lowest BCUT2D eigenvalue weighted by Gasteiger charge is -2.14. The smallest absolute Gasteiger partial charge is 0.324 e. The molecule has 6 aromatic rings. The van der Waals surface area contributed by atoms with Gasteiger partial charge in [0.05, 0.1) is 23.3 Å². The number of aryl methyl sites for hydroxylation is 1. The number of benzene rings is 2. The van der Waals surface area contributed by atoms with Crippen molar-refractivity contribution in [2.45, 2.75) is 26.2 Å². The van der Waals surface area contributed by atoms with Crippen LogP contribution >= 0.6 is 0 Å². The number of carbonyl (C=O) groups is 1. The highest BCUT2D eigenvalue weighted by Crippen LogP contribution is 2.29. The molecular formula is C30H28FN9O3. The fourth-order valence-corrected chi connectivity index (χ4v) is 4.66. The monoisotopic (exact) mass is 581 g/mol. The van der Waals surface area contributed by atoms with E-state index >= 15 is 0 Å². The minimum Gasteiger partial charge on any atom is -0.357 e. The Balaban J connectivity index is 1.32. The summed E-state index contributed by atoms with van der Waals surface area (Å²) in [5, 5.41) is 18.2. The van der Waals surface area contributed by atoms with Gasteiger partial charge in [0, 0.05) is 48.1 Å². The van der Waals surface area contributed by atoms with Crippen molar-refractivity contribution in [2.75, 3.05) is 23.0 Å². The first kappa shape index (κ1) is 27.6. The SMILES string of the molecule is CNc1ncc2cc(-c3ccc(F)c(NC(=O)Nc4cc(C(C)(C)C)nn4-c4ccc5oncc5c4)c3)c(=O)n(C)c2n1. The topological polar surface area (TPSA) is 145 Å². The van der Waals surface area contributed by atoms with Crippen molar-refractivity contribution in [3.05, 3.63) is 82.8 Å². The molecule has 3 N–H and O–H groups in total. The van der Waals surface area contributed by atoms with Crippen LogP contribution in [0.4, 0.5) is 26.6 Å². The van der Waals surface area contributed by atoms with Gasteiger partial charge in [-0.15, -0.1) is 0 Å². The number of urea groups is 1. The molecule has 0 atom stereocenters. The van der Waals surface area contributed by atoms with E-state index in [1.807, 2.05) is 26.8 Å². The van der Waals surface area contributed by atoms with E-state index in [2.05, 4.69) is 31.1 Å². The number of hydrogen-bond donors (Lipinski definition) is 3. The van der Waals surface area contributed by atoms with Crippen LogP contribution < -0.4 is 21.5 Å². The van der Waals surface area contributed by atoms with Crippen LogP contribution in [0, 0.1) is 5.82 Å². The van der Waals surface area contributed by atoms with Gasteiger partial charge >= 0.3 is 6.03 Å². The van der Waals surface area contributed by atoms with Crippen LogP contribution in [0.3, 0.4) is 0 Å². The minimum absolute atomic E-state index is 0.105. The normalized spacial score (nSPS) is 11.7. The quantitative estimate of drug-likeness (QED) is 0.244. The highest BCUT2D eigenvalue weighted by molar-refractivity contribution is 6.00. The Kier molecular flexibility index (Phi) is 6.64. The van der Waals surface area contributed by atoms with E-state index < -0.39 is 11.8 Å². The molecule has 0 aliphatic carbocycles. The lowest BCUT2D eigenvalue weighted by Crippen LogP contribution is -2.22. The number of nitrogens with zero attached hydrogens (tertiary/aromatic N) is 6. The van der Waals surface area contributed by atoms with E-state index in [-0.39, 0.29) is 16.7 Å². The highest BCUT2D eigenvalue weighted by Gasteiger charge is 2.22. The molecule has 0 aliphatic rings. The second-order valence-corrected chi connectivity index (χ2v) is 11.0. The van der Waals surface area contributed by atoms with E-state index in [0.29, 0.717) is 45.2 Å². The van der Waals surface area contributed by atoms with E-state index in [1.54, 1.807) is 55.4 Å². The minimum atomic E-state index is -0.692. The predicted octanol–water partition coefficient (Wildman–Crippen LogP) is 5.44. The molecule has 0 saturated heterocycles. The fourth-order valence-electron chi connectivity index (χ4n) is 4.66. The van der Waals surface area contributed by atoms with Crippen molar-refractivity contribution >= 4 is 45.5 Å². The number of nitrogens with one attached hydrogen (secondary N) is 3. The van der Waals surface area contributed by atoms with Crippen molar-refractivity contribution in [3.8, 4) is 16.8 Å². The average molecular weight is 582 g/mol. The summed E-state index contributed by atoms with van der Waals surface area (Å²) in [5.41, 5.74) is 2.44. The standard InChI is InChI=1S/C30H28FN9O3/c1-30(2,3)24-13-25(40(38-24)19-7-9-23-17(10-19)15-34-43-23)36-29(42)35-22-12-16(6-8-21(22)31)20-11-18-14-33-28(32-4)37-26(18)39(5)27(20)41/h6-15H,1-5H3,(H,32,33,37)(H2,35,36,42). The molecule has 0 bridgehead atoms. The van der Waals surface area contributed by atoms with Gasteiger partial charge in [-0.3, -0.25) is 14.7 Å². The van der Waals surface area contributed by atoms with Gasteiger partial charge in [0.2, 0.25) is 5.95 Å². The Morgan fingerprint density at radius 2 is 1.81 bits per heavy atom. The Morgan fingerprint density at radius 1 is 1.00 bits per heavy atom. The van der Waals surface area contributed by atoms with Gasteiger partial charge in [-0.05, 0) is 42.0 Å². The lowest BCUT2D eigenvalue weighted by atomic mass is 9.92. The molecule has 4 heterocycles. The molecule has 0 fully saturated rings. The molecule has 0 spiro atoms. The second-order valence-electron chi connectivity index (χ2n) is 11.0. The molecule has 2 aromatic carbocycles. The fraction of sp³-hybridized carbons (Fsp3) is 0.200. The Bertz CT molecular complexity index is 2090. The first-order chi connectivity index (χ1) is 20.5. The summed E-state index contributed by atoms with van der Waals surface area (Å²) >= 11 is 0. The molecule has 0 aliphatic heterocycles. The Hall–Kier alpha value is -5.59. The molecule has 13 heteroatoms. The molecule has 0 saturated carbocycles. The van der Waals surface area contributed by atoms with Crippen LogP contribution in [0.25, 0.3) is 38.8 Å². The third-order valence-electron chi connectivity index (χ3n) is 7.00. The zero-order chi connectivity index (χ0) is 30.5. The number of amides is 2. The number of anilines is 3. The van der Waals surface area contributed by atoms with Crippen LogP contribution in [-0.2, 0) is 12.5 Å². The summed E-state index contributed by atoms with van der Waals surface area (Å²) in [5.74, 6) is 0.0870. The molecular weight excluding hydrogens is 553 g/mol. The molecule has 12 nitrogen and oxygen atoms in total. The third-order valence-corrected chi connectivity index (χ3v) is 7.00.